The molecule has 2 aliphatic heterocycles. The van der Waals surface area contributed by atoms with Crippen molar-refractivity contribution in [2.24, 2.45) is 11.8 Å². The molecule has 2 saturated heterocycles. The van der Waals surface area contributed by atoms with E-state index in [1.54, 1.807) is 11.3 Å². The molecule has 0 N–H and O–H groups in total. The molecule has 25 heavy (non-hydrogen) atoms. The maximum Gasteiger partial charge on any atom is 0.234 e. The first-order chi connectivity index (χ1) is 12.1. The van der Waals surface area contributed by atoms with Crippen LogP contribution in [0.25, 0.3) is 0 Å². The molecular weight excluding hydrogens is 402 g/mol. The molecule has 2 amide bonds. The number of hydrogen-bond donors (Lipinski definition) is 0. The largest absolute Gasteiger partial charge is 0.296 e. The first-order valence-electron chi connectivity index (χ1n) is 8.81. The Kier molecular flexibility index (Phi) is 5.08. The molecule has 0 unspecified atom stereocenters. The molecule has 0 spiro atoms. The zero-order valence-electron chi connectivity index (χ0n) is 14.1. The Balaban J connectivity index is 1.30. The molecular formula is C18H22BrN3O2S. The van der Waals surface area contributed by atoms with E-state index in [-0.39, 0.29) is 23.7 Å². The summed E-state index contributed by atoms with van der Waals surface area (Å²) >= 11 is 5.29. The topological polar surface area (TPSA) is 43.9 Å². The molecule has 2 fully saturated rings. The number of fused-ring (bicyclic) bond motifs is 1. The van der Waals surface area contributed by atoms with Crippen molar-refractivity contribution in [2.45, 2.75) is 19.4 Å². The number of halogens is 1. The third-order valence-corrected chi connectivity index (χ3v) is 7.02. The van der Waals surface area contributed by atoms with Gasteiger partial charge >= 0.3 is 0 Å². The first-order valence-corrected chi connectivity index (χ1v) is 10.4. The SMILES string of the molecule is O=C1[C@@H]2CC=CC[C@H]2C(=O)N1CN1CCN(Cc2ccc(Br)s2)CC1. The van der Waals surface area contributed by atoms with Crippen LogP contribution in [0.2, 0.25) is 0 Å². The van der Waals surface area contributed by atoms with Crippen LogP contribution in [0.1, 0.15) is 17.7 Å². The predicted octanol–water partition coefficient (Wildman–Crippen LogP) is 2.54. The van der Waals surface area contributed by atoms with E-state index in [0.717, 1.165) is 45.6 Å². The number of hydrogen-bond acceptors (Lipinski definition) is 5. The zero-order chi connectivity index (χ0) is 17.4. The van der Waals surface area contributed by atoms with Crippen molar-refractivity contribution in [3.63, 3.8) is 0 Å². The minimum Gasteiger partial charge on any atom is -0.296 e. The number of imide groups is 1. The summed E-state index contributed by atoms with van der Waals surface area (Å²) in [5, 5.41) is 0. The summed E-state index contributed by atoms with van der Waals surface area (Å²) in [5.74, 6) is -0.164. The molecule has 7 heteroatoms. The van der Waals surface area contributed by atoms with Crippen LogP contribution < -0.4 is 0 Å². The molecule has 1 aromatic rings. The summed E-state index contributed by atoms with van der Waals surface area (Å²) in [6.07, 6.45) is 5.51. The summed E-state index contributed by atoms with van der Waals surface area (Å²) in [7, 11) is 0. The fourth-order valence-electron chi connectivity index (χ4n) is 3.95. The highest BCUT2D eigenvalue weighted by Crippen LogP contribution is 2.35. The average Bonchev–Trinajstić information content (AvgIpc) is 3.14. The number of carbonyl (C=O) groups is 2. The average molecular weight is 424 g/mol. The maximum absolute atomic E-state index is 12.6. The lowest BCUT2D eigenvalue weighted by molar-refractivity contribution is -0.142. The third kappa shape index (κ3) is 3.60. The van der Waals surface area contributed by atoms with Gasteiger partial charge in [0.05, 0.1) is 22.3 Å². The minimum absolute atomic E-state index is 0.0326. The van der Waals surface area contributed by atoms with Gasteiger partial charge in [0.25, 0.3) is 0 Å². The summed E-state index contributed by atoms with van der Waals surface area (Å²) < 4.78 is 1.17. The first kappa shape index (κ1) is 17.4. The number of rotatable bonds is 4. The van der Waals surface area contributed by atoms with Gasteiger partial charge in [-0.3, -0.25) is 24.3 Å². The maximum atomic E-state index is 12.6. The molecule has 2 atom stereocenters. The predicted molar refractivity (Wildman–Crippen MR) is 101 cm³/mol. The lowest BCUT2D eigenvalue weighted by atomic mass is 9.85. The van der Waals surface area contributed by atoms with Gasteiger partial charge in [-0.05, 0) is 40.9 Å². The third-order valence-electron chi connectivity index (χ3n) is 5.41. The zero-order valence-corrected chi connectivity index (χ0v) is 16.5. The summed E-state index contributed by atoms with van der Waals surface area (Å²) in [6.45, 7) is 5.18. The van der Waals surface area contributed by atoms with Crippen molar-refractivity contribution >= 4 is 39.1 Å². The molecule has 3 heterocycles. The normalized spacial score (nSPS) is 28.0. The van der Waals surface area contributed by atoms with Crippen molar-refractivity contribution in [1.29, 1.82) is 0 Å². The van der Waals surface area contributed by atoms with E-state index in [4.69, 9.17) is 0 Å². The van der Waals surface area contributed by atoms with E-state index in [2.05, 4.69) is 37.9 Å². The van der Waals surface area contributed by atoms with Gasteiger partial charge in [0.15, 0.2) is 0 Å². The number of amides is 2. The summed E-state index contributed by atoms with van der Waals surface area (Å²) in [6, 6.07) is 4.26. The number of nitrogens with zero attached hydrogens (tertiary/aromatic N) is 3. The molecule has 3 aliphatic rings. The van der Waals surface area contributed by atoms with Gasteiger partial charge in [-0.15, -0.1) is 11.3 Å². The molecule has 4 rings (SSSR count). The van der Waals surface area contributed by atoms with Crippen LogP contribution in [0.5, 0.6) is 0 Å². The molecule has 0 saturated carbocycles. The Morgan fingerprint density at radius 3 is 2.12 bits per heavy atom. The van der Waals surface area contributed by atoms with Crippen molar-refractivity contribution in [1.82, 2.24) is 14.7 Å². The highest BCUT2D eigenvalue weighted by atomic mass is 79.9. The van der Waals surface area contributed by atoms with Gasteiger partial charge in [0.2, 0.25) is 11.8 Å². The van der Waals surface area contributed by atoms with Crippen molar-refractivity contribution in [3.8, 4) is 0 Å². The van der Waals surface area contributed by atoms with Gasteiger partial charge in [-0.25, -0.2) is 0 Å². The molecule has 0 radical (unpaired) electrons. The lowest BCUT2D eigenvalue weighted by Gasteiger charge is -2.36. The van der Waals surface area contributed by atoms with Gasteiger partial charge in [0, 0.05) is 37.6 Å². The van der Waals surface area contributed by atoms with Crippen LogP contribution in [0.15, 0.2) is 28.1 Å². The number of likely N-dealkylation sites (tertiary alicyclic amines) is 1. The van der Waals surface area contributed by atoms with Crippen LogP contribution in [-0.2, 0) is 16.1 Å². The lowest BCUT2D eigenvalue weighted by Crippen LogP contribution is -2.50. The van der Waals surface area contributed by atoms with Crippen molar-refractivity contribution in [2.75, 3.05) is 32.8 Å². The van der Waals surface area contributed by atoms with E-state index in [9.17, 15) is 9.59 Å². The van der Waals surface area contributed by atoms with E-state index in [0.29, 0.717) is 6.67 Å². The van der Waals surface area contributed by atoms with Gasteiger partial charge in [-0.2, -0.15) is 0 Å². The molecule has 0 aromatic carbocycles. The van der Waals surface area contributed by atoms with E-state index in [1.165, 1.54) is 13.6 Å². The molecule has 0 bridgehead atoms. The van der Waals surface area contributed by atoms with E-state index in [1.807, 2.05) is 12.2 Å². The Labute approximate surface area is 160 Å². The van der Waals surface area contributed by atoms with E-state index >= 15 is 0 Å². The fraction of sp³-hybridized carbons (Fsp3) is 0.556. The van der Waals surface area contributed by atoms with Gasteiger partial charge < -0.3 is 0 Å². The van der Waals surface area contributed by atoms with E-state index < -0.39 is 0 Å². The Morgan fingerprint density at radius 2 is 1.56 bits per heavy atom. The molecule has 1 aromatic heterocycles. The van der Waals surface area contributed by atoms with Crippen LogP contribution in [-0.4, -0.2) is 59.4 Å². The molecule has 1 aliphatic carbocycles. The monoisotopic (exact) mass is 423 g/mol. The summed E-state index contributed by atoms with van der Waals surface area (Å²) in [5.41, 5.74) is 0. The number of allylic oxidation sites excluding steroid dienone is 2. The standard InChI is InChI=1S/C18H22BrN3O2S/c19-16-6-5-13(25-16)11-20-7-9-21(10-8-20)12-22-17(23)14-3-1-2-4-15(14)18(22)24/h1-2,5-6,14-15H,3-4,7-12H2/t14-,15-/m1/s1. The minimum atomic E-state index is -0.115. The Hall–Kier alpha value is -1.02. The van der Waals surface area contributed by atoms with Crippen molar-refractivity contribution in [3.05, 3.63) is 32.9 Å². The van der Waals surface area contributed by atoms with Gasteiger partial charge in [0.1, 0.15) is 0 Å². The quantitative estimate of drug-likeness (QED) is 0.551. The van der Waals surface area contributed by atoms with Crippen LogP contribution in [0.3, 0.4) is 0 Å². The highest BCUT2D eigenvalue weighted by molar-refractivity contribution is 9.11. The van der Waals surface area contributed by atoms with Gasteiger partial charge in [-0.1, -0.05) is 12.2 Å². The Bertz CT molecular complexity index is 670. The smallest absolute Gasteiger partial charge is 0.234 e. The second kappa shape index (κ2) is 7.31. The highest BCUT2D eigenvalue weighted by Gasteiger charge is 2.47. The van der Waals surface area contributed by atoms with Crippen LogP contribution >= 0.6 is 27.3 Å². The second-order valence-corrected chi connectivity index (χ2v) is 9.55. The number of carbonyl (C=O) groups excluding carboxylic acids is 2. The van der Waals surface area contributed by atoms with Crippen LogP contribution in [0, 0.1) is 11.8 Å². The summed E-state index contributed by atoms with van der Waals surface area (Å²) in [4.78, 5) is 32.7. The van der Waals surface area contributed by atoms with Crippen LogP contribution in [0.4, 0.5) is 0 Å². The van der Waals surface area contributed by atoms with Crippen molar-refractivity contribution < 1.29 is 9.59 Å². The number of thiophene rings is 1. The second-order valence-electron chi connectivity index (χ2n) is 7.00. The Morgan fingerprint density at radius 1 is 0.960 bits per heavy atom. The molecule has 134 valence electrons. The molecule has 5 nitrogen and oxygen atoms in total. The number of piperazine rings is 1. The fourth-order valence-corrected chi connectivity index (χ4v) is 5.48.